The first-order valence-corrected chi connectivity index (χ1v) is 9.28. The van der Waals surface area contributed by atoms with Gasteiger partial charge in [0.15, 0.2) is 0 Å². The fourth-order valence-electron chi connectivity index (χ4n) is 1.74. The van der Waals surface area contributed by atoms with E-state index in [1.165, 1.54) is 6.92 Å². The standard InChI is InChI=1S/C13H17O4P.H3O4P/c1-9(2)8-10-4-6-11(7-5-10)13(3,12(14)15)18(16)17;1-5(2,3)4/h4-7,9H,8H2,1-3H3,(H,14,15);(H3,1,2,3,4). The molecule has 8 nitrogen and oxygen atoms in total. The summed E-state index contributed by atoms with van der Waals surface area (Å²) in [5, 5.41) is 7.23. The molecule has 1 aromatic carbocycles. The second-order valence-corrected chi connectivity index (χ2v) is 7.88. The van der Waals surface area contributed by atoms with E-state index < -0.39 is 27.0 Å². The van der Waals surface area contributed by atoms with Crippen LogP contribution in [0.1, 0.15) is 31.9 Å². The molecule has 0 spiro atoms. The van der Waals surface area contributed by atoms with E-state index in [2.05, 4.69) is 13.8 Å². The van der Waals surface area contributed by atoms with Gasteiger partial charge in [-0.25, -0.2) is 9.36 Å². The summed E-state index contributed by atoms with van der Waals surface area (Å²) in [4.78, 5) is 43.9. The lowest BCUT2D eigenvalue weighted by molar-refractivity contribution is -0.173. The molecule has 0 aromatic heterocycles. The van der Waals surface area contributed by atoms with Gasteiger partial charge in [-0.05, 0) is 17.9 Å². The van der Waals surface area contributed by atoms with Crippen molar-refractivity contribution in [2.45, 2.75) is 32.3 Å². The topological polar surface area (TPSA) is 155 Å². The monoisotopic (exact) mass is 366 g/mol. The molecule has 0 aliphatic heterocycles. The van der Waals surface area contributed by atoms with Gasteiger partial charge < -0.3 is 24.7 Å². The van der Waals surface area contributed by atoms with Crippen LogP contribution in [0.4, 0.5) is 0 Å². The summed E-state index contributed by atoms with van der Waals surface area (Å²) >= 11 is 0. The molecule has 10 heteroatoms. The molecular formula is C13H20O8P2. The van der Waals surface area contributed by atoms with Gasteiger partial charge in [0, 0.05) is 12.5 Å². The highest BCUT2D eigenvalue weighted by Crippen LogP contribution is 2.41. The van der Waals surface area contributed by atoms with Gasteiger partial charge in [-0.3, -0.25) is 0 Å². The maximum absolute atomic E-state index is 11.2. The first kappa shape index (κ1) is 21.9. The smallest absolute Gasteiger partial charge is 0.466 e. The van der Waals surface area contributed by atoms with Crippen molar-refractivity contribution >= 4 is 21.8 Å². The first-order valence-electron chi connectivity index (χ1n) is 6.54. The lowest BCUT2D eigenvalue weighted by atomic mass is 9.96. The maximum atomic E-state index is 11.2. The Morgan fingerprint density at radius 1 is 1.26 bits per heavy atom. The Labute approximate surface area is 134 Å². The van der Waals surface area contributed by atoms with Crippen LogP contribution in [0.25, 0.3) is 0 Å². The first-order chi connectivity index (χ1) is 10.3. The van der Waals surface area contributed by atoms with E-state index in [1.54, 1.807) is 24.3 Å². The van der Waals surface area contributed by atoms with Gasteiger partial charge in [0.2, 0.25) is 0 Å². The van der Waals surface area contributed by atoms with E-state index in [9.17, 15) is 14.3 Å². The summed E-state index contributed by atoms with van der Waals surface area (Å²) in [6.07, 6.45) is 0.883. The number of hydrogen-bond acceptors (Lipinski definition) is 4. The number of aliphatic carboxylic acids is 1. The van der Waals surface area contributed by atoms with Gasteiger partial charge >= 0.3 is 21.8 Å². The van der Waals surface area contributed by atoms with Crippen molar-refractivity contribution in [2.75, 3.05) is 0 Å². The highest BCUT2D eigenvalue weighted by molar-refractivity contribution is 7.45. The Hall–Kier alpha value is -1.14. The lowest BCUT2D eigenvalue weighted by Gasteiger charge is -2.16. The van der Waals surface area contributed by atoms with Crippen LogP contribution in [0.15, 0.2) is 24.3 Å². The highest BCUT2D eigenvalue weighted by Gasteiger charge is 2.48. The number of rotatable bonds is 5. The van der Waals surface area contributed by atoms with Crippen LogP contribution in [0.3, 0.4) is 0 Å². The number of carbonyl (C=O) groups is 1. The van der Waals surface area contributed by atoms with E-state index >= 15 is 0 Å². The van der Waals surface area contributed by atoms with Crippen molar-refractivity contribution in [1.82, 2.24) is 0 Å². The van der Waals surface area contributed by atoms with Crippen molar-refractivity contribution in [3.05, 3.63) is 35.4 Å². The average molecular weight is 366 g/mol. The molecule has 1 rings (SSSR count). The van der Waals surface area contributed by atoms with Crippen LogP contribution < -0.4 is 4.89 Å². The van der Waals surface area contributed by atoms with Gasteiger partial charge in [0.25, 0.3) is 5.16 Å². The van der Waals surface area contributed by atoms with Crippen LogP contribution >= 0.6 is 15.9 Å². The molecule has 1 aromatic rings. The summed E-state index contributed by atoms with van der Waals surface area (Å²) in [7, 11) is -7.73. The fraction of sp³-hybridized carbons (Fsp3) is 0.462. The molecule has 2 unspecified atom stereocenters. The summed E-state index contributed by atoms with van der Waals surface area (Å²) in [6.45, 7) is 5.38. The molecule has 2 atom stereocenters. The van der Waals surface area contributed by atoms with E-state index in [-0.39, 0.29) is 0 Å². The molecule has 0 heterocycles. The molecule has 0 saturated heterocycles. The lowest BCUT2D eigenvalue weighted by Crippen LogP contribution is -2.31. The third-order valence-corrected chi connectivity index (χ3v) is 4.12. The van der Waals surface area contributed by atoms with Gasteiger partial charge in [0.05, 0.1) is 0 Å². The quantitative estimate of drug-likeness (QED) is 0.569. The number of hydrogen-bond donors (Lipinski definition) is 4. The maximum Gasteiger partial charge on any atom is 0.466 e. The van der Waals surface area contributed by atoms with Gasteiger partial charge in [-0.1, -0.05) is 42.7 Å². The predicted molar refractivity (Wildman–Crippen MR) is 81.8 cm³/mol. The number of phosphoric acid groups is 1. The Balaban J connectivity index is 0.000000841. The van der Waals surface area contributed by atoms with Crippen molar-refractivity contribution in [3.8, 4) is 0 Å². The van der Waals surface area contributed by atoms with Crippen LogP contribution in [0, 0.1) is 5.92 Å². The zero-order valence-corrected chi connectivity index (χ0v) is 14.7. The van der Waals surface area contributed by atoms with E-state index in [1.807, 2.05) is 0 Å². The molecular weight excluding hydrogens is 346 g/mol. The fourth-order valence-corrected chi connectivity index (χ4v) is 2.26. The largest absolute Gasteiger partial charge is 0.594 e. The summed E-state index contributed by atoms with van der Waals surface area (Å²) in [5.74, 6) is -0.854. The van der Waals surface area contributed by atoms with Gasteiger partial charge in [-0.2, -0.15) is 0 Å². The normalized spacial score (nSPS) is 14.5. The predicted octanol–water partition coefficient (Wildman–Crippen LogP) is 1.36. The van der Waals surface area contributed by atoms with E-state index in [0.29, 0.717) is 11.5 Å². The summed E-state index contributed by atoms with van der Waals surface area (Å²) in [5.41, 5.74) is 1.36. The van der Waals surface area contributed by atoms with Crippen LogP contribution in [0.2, 0.25) is 0 Å². The minimum atomic E-state index is -4.64. The zero-order chi connectivity index (χ0) is 18.4. The molecule has 0 aliphatic rings. The Morgan fingerprint density at radius 3 is 1.91 bits per heavy atom. The molecule has 23 heavy (non-hydrogen) atoms. The number of benzene rings is 1. The summed E-state index contributed by atoms with van der Waals surface area (Å²) in [6, 6.07) is 6.73. The number of carboxylic acid groups (broad SMARTS) is 1. The second kappa shape index (κ2) is 8.64. The molecule has 0 bridgehead atoms. The van der Waals surface area contributed by atoms with Crippen molar-refractivity contribution in [3.63, 3.8) is 0 Å². The number of carboxylic acids is 1. The van der Waals surface area contributed by atoms with E-state index in [4.69, 9.17) is 24.4 Å². The van der Waals surface area contributed by atoms with E-state index in [0.717, 1.165) is 12.0 Å². The van der Waals surface area contributed by atoms with Crippen molar-refractivity contribution in [2.24, 2.45) is 5.92 Å². The molecule has 0 saturated carbocycles. The Kier molecular flexibility index (Phi) is 8.21. The van der Waals surface area contributed by atoms with Crippen LogP contribution in [0.5, 0.6) is 0 Å². The van der Waals surface area contributed by atoms with Crippen LogP contribution in [-0.2, 0) is 25.5 Å². The summed E-state index contributed by atoms with van der Waals surface area (Å²) < 4.78 is 20.1. The Morgan fingerprint density at radius 2 is 1.65 bits per heavy atom. The molecule has 0 fully saturated rings. The molecule has 4 N–H and O–H groups in total. The highest BCUT2D eigenvalue weighted by atomic mass is 31.2. The van der Waals surface area contributed by atoms with Gasteiger partial charge in [-0.15, -0.1) is 0 Å². The minimum Gasteiger partial charge on any atom is -0.594 e. The average Bonchev–Trinajstić information content (AvgIpc) is 2.35. The third-order valence-electron chi connectivity index (χ3n) is 2.94. The minimum absolute atomic E-state index is 0.290. The molecule has 0 amide bonds. The molecule has 130 valence electrons. The van der Waals surface area contributed by atoms with Crippen LogP contribution in [-0.4, -0.2) is 25.8 Å². The second-order valence-electron chi connectivity index (χ2n) is 5.44. The zero-order valence-electron chi connectivity index (χ0n) is 12.9. The molecule has 0 aliphatic carbocycles. The molecule has 0 radical (unpaired) electrons. The van der Waals surface area contributed by atoms with Gasteiger partial charge in [0.1, 0.15) is 0 Å². The Bertz CT molecular complexity index is 568. The SMILES string of the molecule is CC(C)Cc1ccc(C(C)(C(=O)O)[P+](=O)[O-])cc1.O=P(O)(O)O. The van der Waals surface area contributed by atoms with Crippen molar-refractivity contribution < 1.29 is 38.6 Å². The van der Waals surface area contributed by atoms with Crippen molar-refractivity contribution in [1.29, 1.82) is 0 Å². The third kappa shape index (κ3) is 7.79.